The Hall–Kier alpha value is -2.89. The highest BCUT2D eigenvalue weighted by Gasteiger charge is 2.32. The van der Waals surface area contributed by atoms with Crippen molar-refractivity contribution in [3.05, 3.63) is 53.9 Å². The molecule has 2 amide bonds. The molecular weight excluding hydrogens is 316 g/mol. The molecule has 0 aliphatic carbocycles. The molecule has 0 radical (unpaired) electrons. The van der Waals surface area contributed by atoms with E-state index in [9.17, 15) is 9.59 Å². The lowest BCUT2D eigenvalue weighted by atomic mass is 10.0. The molecule has 0 unspecified atom stereocenters. The highest BCUT2D eigenvalue weighted by Crippen LogP contribution is 2.37. The number of aromatic nitrogens is 1. The van der Waals surface area contributed by atoms with Gasteiger partial charge in [0.15, 0.2) is 0 Å². The van der Waals surface area contributed by atoms with Gasteiger partial charge >= 0.3 is 0 Å². The molecular formula is C19H22N4O2. The lowest BCUT2D eigenvalue weighted by Gasteiger charge is -2.44. The number of rotatable bonds is 2. The number of primary amides is 1. The number of nitrogens with zero attached hydrogens (tertiary/aromatic N) is 3. The third-order valence-electron chi connectivity index (χ3n) is 4.33. The molecule has 0 saturated heterocycles. The van der Waals surface area contributed by atoms with E-state index in [1.54, 1.807) is 11.0 Å². The summed E-state index contributed by atoms with van der Waals surface area (Å²) in [6.07, 6.45) is 1.40. The topological polar surface area (TPSA) is 79.5 Å². The third-order valence-corrected chi connectivity index (χ3v) is 4.33. The van der Waals surface area contributed by atoms with Gasteiger partial charge in [-0.3, -0.25) is 14.6 Å². The fourth-order valence-corrected chi connectivity index (χ4v) is 3.09. The van der Waals surface area contributed by atoms with Gasteiger partial charge in [0.1, 0.15) is 5.69 Å². The SMILES string of the molecule is CC(C)(C)N1CCN(C(=O)c2ccc(C(N)=O)nc2)c2ccccc21. The third kappa shape index (κ3) is 3.20. The summed E-state index contributed by atoms with van der Waals surface area (Å²) in [6.45, 7) is 7.82. The Morgan fingerprint density at radius 1 is 1.04 bits per heavy atom. The number of pyridine rings is 1. The number of amides is 2. The molecule has 2 heterocycles. The number of anilines is 2. The zero-order valence-corrected chi connectivity index (χ0v) is 14.7. The highest BCUT2D eigenvalue weighted by atomic mass is 16.2. The second-order valence-electron chi connectivity index (χ2n) is 7.06. The molecule has 1 aromatic carbocycles. The Morgan fingerprint density at radius 2 is 1.72 bits per heavy atom. The maximum atomic E-state index is 13.0. The lowest BCUT2D eigenvalue weighted by molar-refractivity contribution is 0.0977. The number of fused-ring (bicyclic) bond motifs is 1. The van der Waals surface area contributed by atoms with Crippen LogP contribution in [0.4, 0.5) is 11.4 Å². The number of para-hydroxylation sites is 2. The van der Waals surface area contributed by atoms with E-state index in [0.29, 0.717) is 12.1 Å². The maximum absolute atomic E-state index is 13.0. The monoisotopic (exact) mass is 338 g/mol. The van der Waals surface area contributed by atoms with Crippen LogP contribution in [0.2, 0.25) is 0 Å². The molecule has 6 nitrogen and oxygen atoms in total. The summed E-state index contributed by atoms with van der Waals surface area (Å²) in [5.74, 6) is -0.743. The Balaban J connectivity index is 1.95. The minimum atomic E-state index is -0.608. The smallest absolute Gasteiger partial charge is 0.267 e. The summed E-state index contributed by atoms with van der Waals surface area (Å²) < 4.78 is 0. The molecule has 0 fully saturated rings. The van der Waals surface area contributed by atoms with Crippen LogP contribution in [0.5, 0.6) is 0 Å². The van der Waals surface area contributed by atoms with Crippen molar-refractivity contribution in [2.24, 2.45) is 5.73 Å². The van der Waals surface area contributed by atoms with Crippen LogP contribution in [0, 0.1) is 0 Å². The zero-order valence-electron chi connectivity index (χ0n) is 14.7. The van der Waals surface area contributed by atoms with Crippen LogP contribution in [-0.2, 0) is 0 Å². The Bertz CT molecular complexity index is 809. The van der Waals surface area contributed by atoms with Gasteiger partial charge in [-0.25, -0.2) is 0 Å². The molecule has 25 heavy (non-hydrogen) atoms. The average molecular weight is 338 g/mol. The van der Waals surface area contributed by atoms with Crippen molar-refractivity contribution in [2.45, 2.75) is 26.3 Å². The Kier molecular flexibility index (Phi) is 4.20. The van der Waals surface area contributed by atoms with Gasteiger partial charge in [-0.2, -0.15) is 0 Å². The normalized spacial score (nSPS) is 14.2. The maximum Gasteiger partial charge on any atom is 0.267 e. The summed E-state index contributed by atoms with van der Waals surface area (Å²) in [4.78, 5) is 32.1. The first-order valence-electron chi connectivity index (χ1n) is 8.23. The van der Waals surface area contributed by atoms with Crippen molar-refractivity contribution >= 4 is 23.2 Å². The molecule has 2 aromatic rings. The van der Waals surface area contributed by atoms with Crippen molar-refractivity contribution in [2.75, 3.05) is 22.9 Å². The number of benzene rings is 1. The van der Waals surface area contributed by atoms with Crippen LogP contribution >= 0.6 is 0 Å². The van der Waals surface area contributed by atoms with Gasteiger partial charge in [-0.1, -0.05) is 12.1 Å². The number of carbonyl (C=O) groups excluding carboxylic acids is 2. The van der Waals surface area contributed by atoms with Crippen LogP contribution in [0.1, 0.15) is 41.6 Å². The second kappa shape index (κ2) is 6.20. The van der Waals surface area contributed by atoms with Gasteiger partial charge in [-0.05, 0) is 45.0 Å². The van der Waals surface area contributed by atoms with Crippen LogP contribution in [0.25, 0.3) is 0 Å². The Morgan fingerprint density at radius 3 is 2.28 bits per heavy atom. The molecule has 1 aliphatic heterocycles. The van der Waals surface area contributed by atoms with Crippen LogP contribution in [-0.4, -0.2) is 35.4 Å². The van der Waals surface area contributed by atoms with Gasteiger partial charge < -0.3 is 15.5 Å². The number of hydrogen-bond acceptors (Lipinski definition) is 4. The van der Waals surface area contributed by atoms with E-state index >= 15 is 0 Å². The fourth-order valence-electron chi connectivity index (χ4n) is 3.09. The summed E-state index contributed by atoms with van der Waals surface area (Å²) in [5, 5.41) is 0. The van der Waals surface area contributed by atoms with Gasteiger partial charge in [0.05, 0.1) is 16.9 Å². The summed E-state index contributed by atoms with van der Waals surface area (Å²) in [7, 11) is 0. The van der Waals surface area contributed by atoms with E-state index in [-0.39, 0.29) is 17.1 Å². The van der Waals surface area contributed by atoms with E-state index in [0.717, 1.165) is 17.9 Å². The van der Waals surface area contributed by atoms with Gasteiger partial charge in [0.2, 0.25) is 0 Å². The molecule has 130 valence electrons. The van der Waals surface area contributed by atoms with E-state index < -0.39 is 5.91 Å². The average Bonchev–Trinajstić information content (AvgIpc) is 2.59. The molecule has 0 atom stereocenters. The van der Waals surface area contributed by atoms with Crippen LogP contribution < -0.4 is 15.5 Å². The molecule has 0 saturated carbocycles. The first-order valence-corrected chi connectivity index (χ1v) is 8.23. The minimum Gasteiger partial charge on any atom is -0.364 e. The lowest BCUT2D eigenvalue weighted by Crippen LogP contribution is -2.51. The second-order valence-corrected chi connectivity index (χ2v) is 7.06. The highest BCUT2D eigenvalue weighted by molar-refractivity contribution is 6.08. The molecule has 0 bridgehead atoms. The van der Waals surface area contributed by atoms with E-state index in [1.807, 2.05) is 24.3 Å². The largest absolute Gasteiger partial charge is 0.364 e. The number of hydrogen-bond donors (Lipinski definition) is 1. The van der Waals surface area contributed by atoms with Crippen molar-refractivity contribution in [3.8, 4) is 0 Å². The predicted octanol–water partition coefficient (Wildman–Crippen LogP) is 2.45. The van der Waals surface area contributed by atoms with E-state index in [1.165, 1.54) is 12.3 Å². The molecule has 3 rings (SSSR count). The number of nitrogens with two attached hydrogens (primary N) is 1. The zero-order chi connectivity index (χ0) is 18.2. The van der Waals surface area contributed by atoms with E-state index in [2.05, 4.69) is 30.7 Å². The first kappa shape index (κ1) is 17.0. The Labute approximate surface area is 147 Å². The van der Waals surface area contributed by atoms with Crippen molar-refractivity contribution in [1.29, 1.82) is 0 Å². The summed E-state index contributed by atoms with van der Waals surface area (Å²) >= 11 is 0. The molecule has 0 spiro atoms. The van der Waals surface area contributed by atoms with Gasteiger partial charge in [-0.15, -0.1) is 0 Å². The number of carbonyl (C=O) groups is 2. The molecule has 1 aromatic heterocycles. The van der Waals surface area contributed by atoms with Crippen molar-refractivity contribution in [1.82, 2.24) is 4.98 Å². The fraction of sp³-hybridized carbons (Fsp3) is 0.316. The van der Waals surface area contributed by atoms with Crippen molar-refractivity contribution in [3.63, 3.8) is 0 Å². The minimum absolute atomic E-state index is 0.0318. The van der Waals surface area contributed by atoms with Crippen molar-refractivity contribution < 1.29 is 9.59 Å². The van der Waals surface area contributed by atoms with Crippen LogP contribution in [0.3, 0.4) is 0 Å². The predicted molar refractivity (Wildman–Crippen MR) is 98.0 cm³/mol. The van der Waals surface area contributed by atoms with Gasteiger partial charge in [0, 0.05) is 24.8 Å². The van der Waals surface area contributed by atoms with Crippen LogP contribution in [0.15, 0.2) is 42.6 Å². The van der Waals surface area contributed by atoms with Gasteiger partial charge in [0.25, 0.3) is 11.8 Å². The summed E-state index contributed by atoms with van der Waals surface area (Å²) in [6, 6.07) is 11.0. The molecule has 2 N–H and O–H groups in total. The quantitative estimate of drug-likeness (QED) is 0.912. The summed E-state index contributed by atoms with van der Waals surface area (Å²) in [5.41, 5.74) is 7.67. The van der Waals surface area contributed by atoms with E-state index in [4.69, 9.17) is 5.73 Å². The molecule has 6 heteroatoms. The molecule has 1 aliphatic rings. The first-order chi connectivity index (χ1) is 11.8. The standard InChI is InChI=1S/C19H22N4O2/c1-19(2,3)23-11-10-22(15-6-4-5-7-16(15)23)18(25)13-8-9-14(17(20)24)21-12-13/h4-9,12H,10-11H2,1-3H3,(H2,20,24).